The second-order valence-electron chi connectivity index (χ2n) is 6.80. The van der Waals surface area contributed by atoms with Crippen LogP contribution in [0.15, 0.2) is 24.3 Å². The average Bonchev–Trinajstić information content (AvgIpc) is 3.33. The molecule has 2 aromatic rings. The number of rotatable bonds is 5. The fraction of sp³-hybridized carbons (Fsp3) is 0.350. The predicted octanol–water partition coefficient (Wildman–Crippen LogP) is 5.02. The van der Waals surface area contributed by atoms with Crippen LogP contribution in [-0.4, -0.2) is 11.1 Å². The van der Waals surface area contributed by atoms with Crippen molar-refractivity contribution in [3.8, 4) is 11.1 Å². The molecule has 0 saturated heterocycles. The molecule has 3 rings (SSSR count). The van der Waals surface area contributed by atoms with Crippen molar-refractivity contribution < 1.29 is 18.7 Å². The van der Waals surface area contributed by atoms with Gasteiger partial charge in [0.05, 0.1) is 6.42 Å². The van der Waals surface area contributed by atoms with Gasteiger partial charge in [-0.15, -0.1) is 12.4 Å². The van der Waals surface area contributed by atoms with Gasteiger partial charge in [-0.2, -0.15) is 0 Å². The molecule has 140 valence electrons. The van der Waals surface area contributed by atoms with Crippen molar-refractivity contribution in [2.75, 3.05) is 0 Å². The number of carbonyl (C=O) groups is 1. The van der Waals surface area contributed by atoms with Crippen molar-refractivity contribution in [2.24, 2.45) is 5.73 Å². The Bertz CT molecular complexity index is 830. The van der Waals surface area contributed by atoms with Crippen molar-refractivity contribution in [1.29, 1.82) is 0 Å². The van der Waals surface area contributed by atoms with Crippen LogP contribution in [0.25, 0.3) is 11.1 Å². The van der Waals surface area contributed by atoms with Gasteiger partial charge in [0.1, 0.15) is 11.6 Å². The summed E-state index contributed by atoms with van der Waals surface area (Å²) in [5, 5.41) is 8.97. The molecular weight excluding hydrogens is 360 g/mol. The minimum atomic E-state index is -1.22. The standard InChI is InChI=1S/C20H21F2NO2.ClH/c1-10-4-3-5-11(2)17(10)14-8-13(12-6-7-12)19(21)18(20(14)22)15(23)9-16(24)25;/h3-5,8,12,15H,6-7,9,23H2,1-2H3,(H,24,25);1H. The quantitative estimate of drug-likeness (QED) is 0.764. The molecular formula is C20H22ClF2NO2. The zero-order chi connectivity index (χ0) is 18.3. The Hall–Kier alpha value is -1.98. The van der Waals surface area contributed by atoms with Gasteiger partial charge in [0.2, 0.25) is 0 Å². The summed E-state index contributed by atoms with van der Waals surface area (Å²) < 4.78 is 30.1. The predicted molar refractivity (Wildman–Crippen MR) is 99.7 cm³/mol. The Kier molecular flexibility index (Phi) is 6.04. The SMILES string of the molecule is Cc1cccc(C)c1-c1cc(C2CC2)c(F)c(C(N)CC(=O)O)c1F.Cl. The summed E-state index contributed by atoms with van der Waals surface area (Å²) in [7, 11) is 0. The number of hydrogen-bond acceptors (Lipinski definition) is 2. The van der Waals surface area contributed by atoms with E-state index >= 15 is 4.39 Å². The lowest BCUT2D eigenvalue weighted by atomic mass is 9.89. The van der Waals surface area contributed by atoms with Crippen molar-refractivity contribution in [3.05, 3.63) is 58.2 Å². The highest BCUT2D eigenvalue weighted by Crippen LogP contribution is 2.45. The van der Waals surface area contributed by atoms with Crippen LogP contribution >= 0.6 is 12.4 Å². The van der Waals surface area contributed by atoms with Crippen LogP contribution in [0.5, 0.6) is 0 Å². The number of carboxylic acid groups (broad SMARTS) is 1. The third-order valence-electron chi connectivity index (χ3n) is 4.80. The first-order valence-corrected chi connectivity index (χ1v) is 8.37. The molecule has 26 heavy (non-hydrogen) atoms. The highest BCUT2D eigenvalue weighted by Gasteiger charge is 2.33. The summed E-state index contributed by atoms with van der Waals surface area (Å²) in [6.07, 6.45) is 1.18. The summed E-state index contributed by atoms with van der Waals surface area (Å²) in [5.41, 5.74) is 8.75. The molecule has 0 bridgehead atoms. The van der Waals surface area contributed by atoms with Gasteiger partial charge in [0.25, 0.3) is 0 Å². The lowest BCUT2D eigenvalue weighted by Crippen LogP contribution is -2.19. The van der Waals surface area contributed by atoms with E-state index in [0.717, 1.165) is 24.0 Å². The van der Waals surface area contributed by atoms with E-state index in [0.29, 0.717) is 16.7 Å². The van der Waals surface area contributed by atoms with Gasteiger partial charge in [-0.05, 0) is 60.9 Å². The first-order chi connectivity index (χ1) is 11.8. The molecule has 1 saturated carbocycles. The van der Waals surface area contributed by atoms with E-state index in [1.165, 1.54) is 0 Å². The maximum absolute atomic E-state index is 15.2. The molecule has 2 aromatic carbocycles. The van der Waals surface area contributed by atoms with E-state index in [2.05, 4.69) is 0 Å². The molecule has 0 amide bonds. The van der Waals surface area contributed by atoms with E-state index in [9.17, 15) is 9.18 Å². The number of carboxylic acids is 1. The number of aryl methyl sites for hydroxylation is 2. The normalized spacial score (nSPS) is 14.7. The second kappa shape index (κ2) is 7.72. The molecule has 0 aromatic heterocycles. The Morgan fingerprint density at radius 2 is 1.81 bits per heavy atom. The first kappa shape index (κ1) is 20.3. The van der Waals surface area contributed by atoms with Crippen LogP contribution in [0.4, 0.5) is 8.78 Å². The van der Waals surface area contributed by atoms with Crippen molar-refractivity contribution in [2.45, 2.75) is 45.1 Å². The lowest BCUT2D eigenvalue weighted by Gasteiger charge is -2.20. The maximum atomic E-state index is 15.2. The molecule has 1 aliphatic carbocycles. The highest BCUT2D eigenvalue weighted by atomic mass is 35.5. The molecule has 1 unspecified atom stereocenters. The highest BCUT2D eigenvalue weighted by molar-refractivity contribution is 5.85. The van der Waals surface area contributed by atoms with E-state index in [4.69, 9.17) is 10.8 Å². The van der Waals surface area contributed by atoms with Gasteiger partial charge in [0.15, 0.2) is 0 Å². The Morgan fingerprint density at radius 1 is 1.23 bits per heavy atom. The molecule has 1 atom stereocenters. The smallest absolute Gasteiger partial charge is 0.305 e. The van der Waals surface area contributed by atoms with Gasteiger partial charge in [-0.3, -0.25) is 4.79 Å². The fourth-order valence-electron chi connectivity index (χ4n) is 3.41. The summed E-state index contributed by atoms with van der Waals surface area (Å²) in [6, 6.07) is 5.99. The van der Waals surface area contributed by atoms with E-state index in [-0.39, 0.29) is 23.9 Å². The third-order valence-corrected chi connectivity index (χ3v) is 4.80. The average molecular weight is 382 g/mol. The molecule has 0 radical (unpaired) electrons. The minimum absolute atomic E-state index is 0. The second-order valence-corrected chi connectivity index (χ2v) is 6.80. The van der Waals surface area contributed by atoms with E-state index < -0.39 is 30.1 Å². The number of halogens is 3. The van der Waals surface area contributed by atoms with Gasteiger partial charge in [-0.1, -0.05) is 18.2 Å². The largest absolute Gasteiger partial charge is 0.481 e. The lowest BCUT2D eigenvalue weighted by molar-refractivity contribution is -0.137. The molecule has 6 heteroatoms. The Morgan fingerprint density at radius 3 is 2.31 bits per heavy atom. The van der Waals surface area contributed by atoms with Crippen LogP contribution in [0.2, 0.25) is 0 Å². The third kappa shape index (κ3) is 3.74. The van der Waals surface area contributed by atoms with Crippen LogP contribution in [-0.2, 0) is 4.79 Å². The van der Waals surface area contributed by atoms with Crippen LogP contribution in [0.1, 0.15) is 53.5 Å². The summed E-state index contributed by atoms with van der Waals surface area (Å²) in [5.74, 6) is -2.58. The van der Waals surface area contributed by atoms with Crippen molar-refractivity contribution >= 4 is 18.4 Å². The fourth-order valence-corrected chi connectivity index (χ4v) is 3.41. The van der Waals surface area contributed by atoms with Crippen LogP contribution in [0, 0.1) is 25.5 Å². The molecule has 3 N–H and O–H groups in total. The van der Waals surface area contributed by atoms with Gasteiger partial charge in [-0.25, -0.2) is 8.78 Å². The van der Waals surface area contributed by atoms with Gasteiger partial charge >= 0.3 is 5.97 Å². The molecule has 0 aliphatic heterocycles. The Labute approximate surface area is 157 Å². The summed E-state index contributed by atoms with van der Waals surface area (Å²) >= 11 is 0. The summed E-state index contributed by atoms with van der Waals surface area (Å²) in [6.45, 7) is 3.75. The number of benzene rings is 2. The minimum Gasteiger partial charge on any atom is -0.481 e. The summed E-state index contributed by atoms with van der Waals surface area (Å²) in [4.78, 5) is 11.0. The van der Waals surface area contributed by atoms with Crippen molar-refractivity contribution in [3.63, 3.8) is 0 Å². The monoisotopic (exact) mass is 381 g/mol. The zero-order valence-corrected chi connectivity index (χ0v) is 15.5. The first-order valence-electron chi connectivity index (χ1n) is 8.37. The zero-order valence-electron chi connectivity index (χ0n) is 14.7. The van der Waals surface area contributed by atoms with Gasteiger partial charge in [0, 0.05) is 17.2 Å². The van der Waals surface area contributed by atoms with Gasteiger partial charge < -0.3 is 10.8 Å². The maximum Gasteiger partial charge on any atom is 0.305 e. The topological polar surface area (TPSA) is 63.3 Å². The number of nitrogens with two attached hydrogens (primary N) is 1. The number of hydrogen-bond donors (Lipinski definition) is 2. The van der Waals surface area contributed by atoms with Crippen LogP contribution < -0.4 is 5.73 Å². The Balaban J connectivity index is 0.00000243. The molecule has 3 nitrogen and oxygen atoms in total. The molecule has 0 heterocycles. The van der Waals surface area contributed by atoms with Crippen LogP contribution in [0.3, 0.4) is 0 Å². The van der Waals surface area contributed by atoms with E-state index in [1.54, 1.807) is 6.07 Å². The molecule has 0 spiro atoms. The molecule has 1 aliphatic rings. The van der Waals surface area contributed by atoms with Crippen molar-refractivity contribution in [1.82, 2.24) is 0 Å². The number of aliphatic carboxylic acids is 1. The van der Waals surface area contributed by atoms with E-state index in [1.807, 2.05) is 32.0 Å². The molecule has 1 fully saturated rings.